The summed E-state index contributed by atoms with van der Waals surface area (Å²) in [5.41, 5.74) is 4.69. The zero-order valence-electron chi connectivity index (χ0n) is 13.4. The zero-order valence-corrected chi connectivity index (χ0v) is 13.4. The number of ether oxygens (including phenoxy) is 1. The fourth-order valence-corrected chi connectivity index (χ4v) is 2.09. The smallest absolute Gasteiger partial charge is 0.277 e. The first-order valence-electron chi connectivity index (χ1n) is 7.23. The molecule has 0 aliphatic rings. The van der Waals surface area contributed by atoms with E-state index < -0.39 is 10.8 Å². The molecule has 0 radical (unpaired) electrons. The van der Waals surface area contributed by atoms with E-state index in [0.717, 1.165) is 11.1 Å². The van der Waals surface area contributed by atoms with Crippen LogP contribution < -0.4 is 10.2 Å². The fourth-order valence-electron chi connectivity index (χ4n) is 2.09. The number of aryl methyl sites for hydroxylation is 2. The van der Waals surface area contributed by atoms with Crippen molar-refractivity contribution in [1.82, 2.24) is 5.43 Å². The van der Waals surface area contributed by atoms with Gasteiger partial charge in [0.15, 0.2) is 6.61 Å². The van der Waals surface area contributed by atoms with Crippen LogP contribution in [0, 0.1) is 24.0 Å². The van der Waals surface area contributed by atoms with Crippen molar-refractivity contribution >= 4 is 17.8 Å². The van der Waals surface area contributed by atoms with E-state index in [2.05, 4.69) is 10.5 Å². The maximum atomic E-state index is 11.7. The highest BCUT2D eigenvalue weighted by atomic mass is 16.6. The molecule has 0 saturated carbocycles. The predicted molar refractivity (Wildman–Crippen MR) is 90.2 cm³/mol. The van der Waals surface area contributed by atoms with Crippen LogP contribution in [-0.4, -0.2) is 23.7 Å². The van der Waals surface area contributed by atoms with Gasteiger partial charge in [-0.15, -0.1) is 0 Å². The molecule has 7 heteroatoms. The number of rotatable bonds is 6. The average Bonchev–Trinajstić information content (AvgIpc) is 2.54. The van der Waals surface area contributed by atoms with Crippen molar-refractivity contribution in [3.63, 3.8) is 0 Å². The summed E-state index contributed by atoms with van der Waals surface area (Å²) in [5, 5.41) is 14.5. The molecule has 2 rings (SSSR count). The second-order valence-corrected chi connectivity index (χ2v) is 5.15. The Morgan fingerprint density at radius 2 is 1.92 bits per heavy atom. The summed E-state index contributed by atoms with van der Waals surface area (Å²) < 4.78 is 5.51. The molecule has 24 heavy (non-hydrogen) atoms. The summed E-state index contributed by atoms with van der Waals surface area (Å²) in [4.78, 5) is 21.9. The number of para-hydroxylation sites is 1. The van der Waals surface area contributed by atoms with E-state index in [1.54, 1.807) is 12.1 Å². The second-order valence-electron chi connectivity index (χ2n) is 5.15. The van der Waals surface area contributed by atoms with Gasteiger partial charge in [0, 0.05) is 17.7 Å². The van der Waals surface area contributed by atoms with Gasteiger partial charge in [-0.25, -0.2) is 5.43 Å². The van der Waals surface area contributed by atoms with Gasteiger partial charge < -0.3 is 4.74 Å². The number of nitrogens with zero attached hydrogens (tertiary/aromatic N) is 2. The van der Waals surface area contributed by atoms with Crippen molar-refractivity contribution in [2.75, 3.05) is 6.61 Å². The Kier molecular flexibility index (Phi) is 5.62. The molecule has 0 aliphatic heterocycles. The third kappa shape index (κ3) is 4.64. The van der Waals surface area contributed by atoms with E-state index in [1.165, 1.54) is 18.3 Å². The maximum absolute atomic E-state index is 11.7. The van der Waals surface area contributed by atoms with Gasteiger partial charge >= 0.3 is 0 Å². The molecule has 0 aromatic heterocycles. The fraction of sp³-hybridized carbons (Fsp3) is 0.176. The lowest BCUT2D eigenvalue weighted by Gasteiger charge is -2.10. The van der Waals surface area contributed by atoms with E-state index in [1.807, 2.05) is 32.0 Å². The van der Waals surface area contributed by atoms with Crippen LogP contribution >= 0.6 is 0 Å². The molecule has 7 nitrogen and oxygen atoms in total. The maximum Gasteiger partial charge on any atom is 0.277 e. The number of nitro benzene ring substituents is 1. The Labute approximate surface area is 139 Å². The molecule has 124 valence electrons. The zero-order chi connectivity index (χ0) is 17.5. The molecule has 1 amide bonds. The van der Waals surface area contributed by atoms with Gasteiger partial charge in [-0.3, -0.25) is 14.9 Å². The summed E-state index contributed by atoms with van der Waals surface area (Å²) in [6, 6.07) is 11.7. The Hall–Kier alpha value is -3.22. The van der Waals surface area contributed by atoms with Crippen molar-refractivity contribution in [3.8, 4) is 5.75 Å². The number of hydrogen-bond donors (Lipinski definition) is 1. The van der Waals surface area contributed by atoms with Gasteiger partial charge in [0.05, 0.1) is 11.1 Å². The largest absolute Gasteiger partial charge is 0.483 e. The number of hydrogen-bond acceptors (Lipinski definition) is 5. The minimum atomic E-state index is -0.492. The minimum absolute atomic E-state index is 0.0383. The van der Waals surface area contributed by atoms with Crippen LogP contribution in [0.1, 0.15) is 16.7 Å². The second kappa shape index (κ2) is 7.87. The molecule has 0 spiro atoms. The molecule has 1 N–H and O–H groups in total. The summed E-state index contributed by atoms with van der Waals surface area (Å²) >= 11 is 0. The van der Waals surface area contributed by atoms with Crippen molar-refractivity contribution in [2.24, 2.45) is 5.10 Å². The molecular formula is C17H17N3O4. The molecule has 0 atom stereocenters. The SMILES string of the molecule is Cc1cccc(C)c1OCC(=O)N/N=C/c1cccc([N+](=O)[O-])c1. The van der Waals surface area contributed by atoms with Crippen LogP contribution in [0.5, 0.6) is 5.75 Å². The van der Waals surface area contributed by atoms with E-state index in [9.17, 15) is 14.9 Å². The lowest BCUT2D eigenvalue weighted by Crippen LogP contribution is -2.25. The van der Waals surface area contributed by atoms with Crippen molar-refractivity contribution in [3.05, 3.63) is 69.3 Å². The number of benzene rings is 2. The molecule has 0 heterocycles. The van der Waals surface area contributed by atoms with Crippen molar-refractivity contribution < 1.29 is 14.5 Å². The molecule has 2 aromatic carbocycles. The Morgan fingerprint density at radius 1 is 1.25 bits per heavy atom. The van der Waals surface area contributed by atoms with Crippen LogP contribution in [-0.2, 0) is 4.79 Å². The van der Waals surface area contributed by atoms with E-state index in [4.69, 9.17) is 4.74 Å². The third-order valence-corrected chi connectivity index (χ3v) is 3.24. The average molecular weight is 327 g/mol. The highest BCUT2D eigenvalue weighted by molar-refractivity contribution is 5.83. The van der Waals surface area contributed by atoms with Crippen LogP contribution in [0.25, 0.3) is 0 Å². The topological polar surface area (TPSA) is 93.8 Å². The minimum Gasteiger partial charge on any atom is -0.483 e. The van der Waals surface area contributed by atoms with Crippen LogP contribution in [0.3, 0.4) is 0 Å². The van der Waals surface area contributed by atoms with Gasteiger partial charge in [-0.05, 0) is 25.0 Å². The number of nitro groups is 1. The van der Waals surface area contributed by atoms with Gasteiger partial charge in [0.25, 0.3) is 11.6 Å². The number of hydrazone groups is 1. The Balaban J connectivity index is 1.89. The monoisotopic (exact) mass is 327 g/mol. The molecule has 0 bridgehead atoms. The first-order valence-corrected chi connectivity index (χ1v) is 7.23. The van der Waals surface area contributed by atoms with Crippen LogP contribution in [0.2, 0.25) is 0 Å². The molecule has 2 aromatic rings. The third-order valence-electron chi connectivity index (χ3n) is 3.24. The van der Waals surface area contributed by atoms with Gasteiger partial charge in [-0.2, -0.15) is 5.10 Å². The Morgan fingerprint density at radius 3 is 2.58 bits per heavy atom. The molecule has 0 fully saturated rings. The standard InChI is InChI=1S/C17H17N3O4/c1-12-5-3-6-13(2)17(12)24-11-16(21)19-18-10-14-7-4-8-15(9-14)20(22)23/h3-10H,11H2,1-2H3,(H,19,21)/b18-10+. The highest BCUT2D eigenvalue weighted by Gasteiger charge is 2.07. The van der Waals surface area contributed by atoms with Crippen LogP contribution in [0.15, 0.2) is 47.6 Å². The van der Waals surface area contributed by atoms with E-state index >= 15 is 0 Å². The summed E-state index contributed by atoms with van der Waals surface area (Å²) in [6.07, 6.45) is 1.34. The first-order chi connectivity index (χ1) is 11.5. The summed E-state index contributed by atoms with van der Waals surface area (Å²) in [6.45, 7) is 3.64. The lowest BCUT2D eigenvalue weighted by molar-refractivity contribution is -0.384. The van der Waals surface area contributed by atoms with Gasteiger partial charge in [0.1, 0.15) is 5.75 Å². The molecule has 0 aliphatic carbocycles. The van der Waals surface area contributed by atoms with Gasteiger partial charge in [-0.1, -0.05) is 30.3 Å². The molecule has 0 unspecified atom stereocenters. The molecular weight excluding hydrogens is 310 g/mol. The van der Waals surface area contributed by atoms with Crippen LogP contribution in [0.4, 0.5) is 5.69 Å². The normalized spacial score (nSPS) is 10.6. The van der Waals surface area contributed by atoms with E-state index in [0.29, 0.717) is 11.3 Å². The van der Waals surface area contributed by atoms with Crippen molar-refractivity contribution in [2.45, 2.75) is 13.8 Å². The first kappa shape index (κ1) is 17.1. The number of non-ortho nitro benzene ring substituents is 1. The lowest BCUT2D eigenvalue weighted by atomic mass is 10.1. The summed E-state index contributed by atoms with van der Waals surface area (Å²) in [7, 11) is 0. The molecule has 0 saturated heterocycles. The highest BCUT2D eigenvalue weighted by Crippen LogP contribution is 2.21. The van der Waals surface area contributed by atoms with Crippen molar-refractivity contribution in [1.29, 1.82) is 0 Å². The summed E-state index contributed by atoms with van der Waals surface area (Å²) in [5.74, 6) is 0.259. The number of nitrogens with one attached hydrogen (secondary N) is 1. The Bertz CT molecular complexity index is 767. The number of amides is 1. The number of carbonyl (C=O) groups excluding carboxylic acids is 1. The van der Waals surface area contributed by atoms with E-state index in [-0.39, 0.29) is 12.3 Å². The predicted octanol–water partition coefficient (Wildman–Crippen LogP) is 2.74. The number of carbonyl (C=O) groups is 1. The van der Waals surface area contributed by atoms with Gasteiger partial charge in [0.2, 0.25) is 0 Å². The quantitative estimate of drug-likeness (QED) is 0.501.